The Labute approximate surface area is 114 Å². The minimum atomic E-state index is 0.239. The molecule has 1 aliphatic heterocycles. The maximum absolute atomic E-state index is 11.3. The van der Waals surface area contributed by atoms with Gasteiger partial charge in [-0.15, -0.1) is 0 Å². The molecule has 0 aliphatic carbocycles. The van der Waals surface area contributed by atoms with E-state index in [2.05, 4.69) is 16.0 Å². The number of pyridine rings is 1. The number of rotatable bonds is 4. The van der Waals surface area contributed by atoms with Crippen LogP contribution in [0.1, 0.15) is 43.9 Å². The molecule has 1 atom stereocenters. The third-order valence-electron chi connectivity index (χ3n) is 3.64. The van der Waals surface area contributed by atoms with Crippen LogP contribution in [0.25, 0.3) is 0 Å². The molecule has 0 bridgehead atoms. The predicted molar refractivity (Wildman–Crippen MR) is 72.3 cm³/mol. The van der Waals surface area contributed by atoms with Crippen LogP contribution in [0.2, 0.25) is 0 Å². The molecule has 0 saturated carbocycles. The van der Waals surface area contributed by atoms with Crippen molar-refractivity contribution in [2.24, 2.45) is 0 Å². The molecule has 1 saturated heterocycles. The third kappa shape index (κ3) is 3.62. The van der Waals surface area contributed by atoms with Crippen LogP contribution in [0, 0.1) is 11.3 Å². The summed E-state index contributed by atoms with van der Waals surface area (Å²) in [6, 6.07) is 6.26. The van der Waals surface area contributed by atoms with Crippen LogP contribution in [0.5, 0.6) is 0 Å². The Morgan fingerprint density at radius 1 is 1.58 bits per heavy atom. The van der Waals surface area contributed by atoms with Gasteiger partial charge < -0.3 is 0 Å². The van der Waals surface area contributed by atoms with Crippen molar-refractivity contribution >= 4 is 5.78 Å². The van der Waals surface area contributed by atoms with Crippen LogP contribution < -0.4 is 0 Å². The summed E-state index contributed by atoms with van der Waals surface area (Å²) in [4.78, 5) is 17.8. The Bertz CT molecular complexity index is 492. The molecule has 1 unspecified atom stereocenters. The molecule has 1 aliphatic rings. The smallest absolute Gasteiger partial charge is 0.144 e. The predicted octanol–water partition coefficient (Wildman–Crippen LogP) is 2.29. The molecule has 0 spiro atoms. The number of carbonyl (C=O) groups is 1. The lowest BCUT2D eigenvalue weighted by atomic mass is 9.97. The highest BCUT2D eigenvalue weighted by Gasteiger charge is 2.24. The van der Waals surface area contributed by atoms with Gasteiger partial charge in [-0.2, -0.15) is 5.26 Å². The largest absolute Gasteiger partial charge is 0.300 e. The van der Waals surface area contributed by atoms with Crippen LogP contribution in [0.3, 0.4) is 0 Å². The van der Waals surface area contributed by atoms with Gasteiger partial charge in [-0.3, -0.25) is 9.69 Å². The molecule has 1 aromatic rings. The highest BCUT2D eigenvalue weighted by atomic mass is 16.1. The minimum Gasteiger partial charge on any atom is -0.300 e. The summed E-state index contributed by atoms with van der Waals surface area (Å²) < 4.78 is 0. The van der Waals surface area contributed by atoms with Gasteiger partial charge in [0.05, 0.1) is 0 Å². The molecule has 0 amide bonds. The van der Waals surface area contributed by atoms with Crippen molar-refractivity contribution in [3.05, 3.63) is 29.6 Å². The highest BCUT2D eigenvalue weighted by Crippen LogP contribution is 2.22. The lowest BCUT2D eigenvalue weighted by Crippen LogP contribution is -2.40. The topological polar surface area (TPSA) is 57.0 Å². The summed E-state index contributed by atoms with van der Waals surface area (Å²) in [6.07, 6.45) is 5.68. The fourth-order valence-electron chi connectivity index (χ4n) is 2.72. The van der Waals surface area contributed by atoms with E-state index in [1.54, 1.807) is 13.1 Å². The lowest BCUT2D eigenvalue weighted by molar-refractivity contribution is -0.118. The monoisotopic (exact) mass is 257 g/mol. The molecule has 0 aromatic carbocycles. The van der Waals surface area contributed by atoms with Gasteiger partial charge in [0.25, 0.3) is 0 Å². The number of Topliss-reactive ketones (excluding diaryl/α,β-unsaturated/α-hetero) is 1. The van der Waals surface area contributed by atoms with Crippen molar-refractivity contribution in [2.45, 2.75) is 45.2 Å². The average Bonchev–Trinajstić information content (AvgIpc) is 2.41. The van der Waals surface area contributed by atoms with Gasteiger partial charge in [-0.05, 0) is 32.4 Å². The lowest BCUT2D eigenvalue weighted by Gasteiger charge is -2.35. The van der Waals surface area contributed by atoms with E-state index in [4.69, 9.17) is 5.26 Å². The maximum Gasteiger partial charge on any atom is 0.144 e. The Morgan fingerprint density at radius 2 is 2.42 bits per heavy atom. The Kier molecular flexibility index (Phi) is 4.64. The molecule has 1 fully saturated rings. The second kappa shape index (κ2) is 6.44. The number of carbonyl (C=O) groups excluding carboxylic acids is 1. The van der Waals surface area contributed by atoms with E-state index in [-0.39, 0.29) is 5.78 Å². The molecule has 0 radical (unpaired) electrons. The number of likely N-dealkylation sites (tertiary alicyclic amines) is 1. The maximum atomic E-state index is 11.3. The summed E-state index contributed by atoms with van der Waals surface area (Å²) >= 11 is 0. The van der Waals surface area contributed by atoms with Gasteiger partial charge in [0.1, 0.15) is 17.5 Å². The minimum absolute atomic E-state index is 0.239. The van der Waals surface area contributed by atoms with Crippen LogP contribution in [0.15, 0.2) is 18.3 Å². The molecule has 4 heteroatoms. The van der Waals surface area contributed by atoms with Crippen molar-refractivity contribution in [3.8, 4) is 6.07 Å². The fourth-order valence-corrected chi connectivity index (χ4v) is 2.72. The molecule has 1 aromatic heterocycles. The second-order valence-corrected chi connectivity index (χ2v) is 5.15. The normalized spacial score (nSPS) is 19.9. The van der Waals surface area contributed by atoms with Gasteiger partial charge in [0.2, 0.25) is 0 Å². The molecule has 100 valence electrons. The number of piperidine rings is 1. The molecular formula is C15H19N3O. The van der Waals surface area contributed by atoms with E-state index in [9.17, 15) is 4.79 Å². The number of nitrogens with zero attached hydrogens (tertiary/aromatic N) is 3. The molecule has 2 heterocycles. The molecule has 4 nitrogen and oxygen atoms in total. The van der Waals surface area contributed by atoms with Crippen LogP contribution in [-0.2, 0) is 11.3 Å². The number of aromatic nitrogens is 1. The number of nitriles is 1. The van der Waals surface area contributed by atoms with Gasteiger partial charge in [-0.25, -0.2) is 4.98 Å². The van der Waals surface area contributed by atoms with Crippen molar-refractivity contribution in [1.29, 1.82) is 5.26 Å². The quantitative estimate of drug-likeness (QED) is 0.830. The fraction of sp³-hybridized carbons (Fsp3) is 0.533. The van der Waals surface area contributed by atoms with E-state index in [0.717, 1.165) is 24.9 Å². The molecule has 19 heavy (non-hydrogen) atoms. The number of hydrogen-bond donors (Lipinski definition) is 0. The third-order valence-corrected chi connectivity index (χ3v) is 3.64. The molecule has 0 N–H and O–H groups in total. The van der Waals surface area contributed by atoms with E-state index >= 15 is 0 Å². The zero-order valence-corrected chi connectivity index (χ0v) is 11.3. The summed E-state index contributed by atoms with van der Waals surface area (Å²) in [5.41, 5.74) is 1.45. The summed E-state index contributed by atoms with van der Waals surface area (Å²) in [5.74, 6) is 0.239. The molecular weight excluding hydrogens is 238 g/mol. The van der Waals surface area contributed by atoms with Crippen LogP contribution in [0.4, 0.5) is 0 Å². The van der Waals surface area contributed by atoms with E-state index in [1.807, 2.05) is 12.1 Å². The van der Waals surface area contributed by atoms with Crippen molar-refractivity contribution in [3.63, 3.8) is 0 Å². The summed E-state index contributed by atoms with van der Waals surface area (Å²) in [6.45, 7) is 3.37. The van der Waals surface area contributed by atoms with Crippen LogP contribution in [-0.4, -0.2) is 28.3 Å². The van der Waals surface area contributed by atoms with Gasteiger partial charge in [0.15, 0.2) is 0 Å². The zero-order valence-electron chi connectivity index (χ0n) is 11.3. The standard InChI is InChI=1S/C15H19N3O/c1-12(19)9-14-6-2-3-8-18(14)11-13-5-4-7-17-15(13)10-16/h4-5,7,14H,2-3,6,8-9,11H2,1H3. The molecule has 2 rings (SSSR count). The van der Waals surface area contributed by atoms with Gasteiger partial charge >= 0.3 is 0 Å². The summed E-state index contributed by atoms with van der Waals surface area (Å²) in [5, 5.41) is 9.07. The Balaban J connectivity index is 2.11. The first-order chi connectivity index (χ1) is 9.20. The van der Waals surface area contributed by atoms with Gasteiger partial charge in [-0.1, -0.05) is 12.5 Å². The SMILES string of the molecule is CC(=O)CC1CCCCN1Cc1cccnc1C#N. The number of ketones is 1. The summed E-state index contributed by atoms with van der Waals surface area (Å²) in [7, 11) is 0. The zero-order chi connectivity index (χ0) is 13.7. The van der Waals surface area contributed by atoms with Crippen molar-refractivity contribution < 1.29 is 4.79 Å². The first-order valence-electron chi connectivity index (χ1n) is 6.78. The second-order valence-electron chi connectivity index (χ2n) is 5.15. The van der Waals surface area contributed by atoms with E-state index in [1.165, 1.54) is 6.42 Å². The Hall–Kier alpha value is -1.73. The van der Waals surface area contributed by atoms with Gasteiger partial charge in [0, 0.05) is 30.8 Å². The number of hydrogen-bond acceptors (Lipinski definition) is 4. The highest BCUT2D eigenvalue weighted by molar-refractivity contribution is 5.76. The van der Waals surface area contributed by atoms with Crippen molar-refractivity contribution in [1.82, 2.24) is 9.88 Å². The van der Waals surface area contributed by atoms with E-state index < -0.39 is 0 Å². The average molecular weight is 257 g/mol. The van der Waals surface area contributed by atoms with E-state index in [0.29, 0.717) is 24.7 Å². The Morgan fingerprint density at radius 3 is 3.16 bits per heavy atom. The first-order valence-corrected chi connectivity index (χ1v) is 6.78. The van der Waals surface area contributed by atoms with Crippen LogP contribution >= 0.6 is 0 Å². The first kappa shape index (κ1) is 13.7. The van der Waals surface area contributed by atoms with Crippen molar-refractivity contribution in [2.75, 3.05) is 6.54 Å².